The molecule has 8 nitrogen and oxygen atoms in total. The fraction of sp³-hybridized carbons (Fsp3) is 0.625. The highest BCUT2D eigenvalue weighted by Gasteiger charge is 2.33. The third-order valence-electron chi connectivity index (χ3n) is 4.49. The van der Waals surface area contributed by atoms with Crippen molar-refractivity contribution in [2.24, 2.45) is 7.05 Å². The highest BCUT2D eigenvalue weighted by Crippen LogP contribution is 2.24. The van der Waals surface area contributed by atoms with E-state index in [1.54, 1.807) is 11.6 Å². The van der Waals surface area contributed by atoms with Gasteiger partial charge in [-0.3, -0.25) is 14.4 Å². The van der Waals surface area contributed by atoms with Gasteiger partial charge in [0.1, 0.15) is 6.04 Å². The van der Waals surface area contributed by atoms with Gasteiger partial charge in [0.05, 0.1) is 0 Å². The van der Waals surface area contributed by atoms with Gasteiger partial charge >= 0.3 is 0 Å². The second-order valence-electron chi connectivity index (χ2n) is 6.66. The van der Waals surface area contributed by atoms with Crippen molar-refractivity contribution in [2.45, 2.75) is 32.7 Å². The number of nitrogens with zero attached hydrogens (tertiary/aromatic N) is 6. The Hall–Kier alpha value is -2.22. The average Bonchev–Trinajstić information content (AvgIpc) is 3.13. The molecular weight excluding hydrogens is 308 g/mol. The first-order valence-corrected chi connectivity index (χ1v) is 8.20. The summed E-state index contributed by atoms with van der Waals surface area (Å²) in [6.07, 6.45) is 0. The lowest BCUT2D eigenvalue weighted by Crippen LogP contribution is -2.49. The van der Waals surface area contributed by atoms with Crippen LogP contribution in [-0.2, 0) is 7.05 Å². The smallest absolute Gasteiger partial charge is 0.274 e. The maximum absolute atomic E-state index is 12.8. The zero-order valence-electron chi connectivity index (χ0n) is 14.9. The lowest BCUT2D eigenvalue weighted by atomic mass is 10.1. The number of hydrogen-bond donors (Lipinski definition) is 0. The molecule has 1 fully saturated rings. The molecule has 2 aromatic rings. The standard InChI is InChI=1S/C16H24N6O2/c1-10(2)13-8-12(18-21(13)5)16(23)22-7-6-20(4)14(9-22)15-17-11(3)19-24-15/h8,10,14H,6-7,9H2,1-5H3. The topological polar surface area (TPSA) is 80.3 Å². The van der Waals surface area contributed by atoms with Crippen molar-refractivity contribution in [3.8, 4) is 0 Å². The van der Waals surface area contributed by atoms with Gasteiger partial charge in [-0.1, -0.05) is 19.0 Å². The van der Waals surface area contributed by atoms with Gasteiger partial charge in [0.25, 0.3) is 5.91 Å². The van der Waals surface area contributed by atoms with E-state index in [1.165, 1.54) is 0 Å². The molecular formula is C16H24N6O2. The van der Waals surface area contributed by atoms with E-state index in [0.29, 0.717) is 36.4 Å². The van der Waals surface area contributed by atoms with Gasteiger partial charge in [-0.25, -0.2) is 0 Å². The molecule has 0 aromatic carbocycles. The van der Waals surface area contributed by atoms with Crippen LogP contribution >= 0.6 is 0 Å². The molecule has 3 heterocycles. The van der Waals surface area contributed by atoms with E-state index in [2.05, 4.69) is 34.0 Å². The quantitative estimate of drug-likeness (QED) is 0.844. The minimum absolute atomic E-state index is 0.0492. The fourth-order valence-corrected chi connectivity index (χ4v) is 3.06. The van der Waals surface area contributed by atoms with Crippen molar-refractivity contribution in [3.63, 3.8) is 0 Å². The number of rotatable bonds is 3. The number of amides is 1. The molecule has 1 aliphatic rings. The molecule has 1 amide bonds. The van der Waals surface area contributed by atoms with Crippen LogP contribution in [-0.4, -0.2) is 62.3 Å². The Balaban J connectivity index is 1.79. The molecule has 0 bridgehead atoms. The van der Waals surface area contributed by atoms with Crippen LogP contribution in [0.5, 0.6) is 0 Å². The van der Waals surface area contributed by atoms with Crippen molar-refractivity contribution in [1.29, 1.82) is 0 Å². The molecule has 130 valence electrons. The lowest BCUT2D eigenvalue weighted by Gasteiger charge is -2.37. The summed E-state index contributed by atoms with van der Waals surface area (Å²) in [4.78, 5) is 21.1. The van der Waals surface area contributed by atoms with Crippen molar-refractivity contribution in [2.75, 3.05) is 26.7 Å². The fourth-order valence-electron chi connectivity index (χ4n) is 3.06. The molecule has 8 heteroatoms. The largest absolute Gasteiger partial charge is 0.338 e. The van der Waals surface area contributed by atoms with E-state index < -0.39 is 0 Å². The summed E-state index contributed by atoms with van der Waals surface area (Å²) in [7, 11) is 3.88. The number of carbonyl (C=O) groups excluding carboxylic acids is 1. The first kappa shape index (κ1) is 16.6. The van der Waals surface area contributed by atoms with E-state index in [1.807, 2.05) is 25.1 Å². The van der Waals surface area contributed by atoms with Gasteiger partial charge in [0.15, 0.2) is 11.5 Å². The normalized spacial score (nSPS) is 19.2. The number of piperazine rings is 1. The van der Waals surface area contributed by atoms with Crippen LogP contribution in [0, 0.1) is 6.92 Å². The molecule has 24 heavy (non-hydrogen) atoms. The third-order valence-corrected chi connectivity index (χ3v) is 4.49. The van der Waals surface area contributed by atoms with Crippen molar-refractivity contribution < 1.29 is 9.32 Å². The SMILES string of the molecule is Cc1noc(C2CN(C(=O)c3cc(C(C)C)n(C)n3)CCN2C)n1. The Morgan fingerprint density at radius 1 is 1.33 bits per heavy atom. The zero-order chi connectivity index (χ0) is 17.4. The maximum Gasteiger partial charge on any atom is 0.274 e. The summed E-state index contributed by atoms with van der Waals surface area (Å²) in [5.41, 5.74) is 1.54. The second kappa shape index (κ2) is 6.35. The Bertz CT molecular complexity index is 735. The van der Waals surface area contributed by atoms with Crippen LogP contribution in [0.15, 0.2) is 10.6 Å². The van der Waals surface area contributed by atoms with E-state index in [-0.39, 0.29) is 11.9 Å². The molecule has 1 aliphatic heterocycles. The third kappa shape index (κ3) is 3.06. The molecule has 0 saturated carbocycles. The first-order valence-electron chi connectivity index (χ1n) is 8.20. The minimum atomic E-state index is -0.0859. The van der Waals surface area contributed by atoms with Crippen molar-refractivity contribution >= 4 is 5.91 Å². The van der Waals surface area contributed by atoms with Crippen LogP contribution in [0.4, 0.5) is 0 Å². The van der Waals surface area contributed by atoms with Crippen LogP contribution in [0.2, 0.25) is 0 Å². The monoisotopic (exact) mass is 332 g/mol. The molecule has 0 N–H and O–H groups in total. The first-order chi connectivity index (χ1) is 11.4. The maximum atomic E-state index is 12.8. The number of hydrogen-bond acceptors (Lipinski definition) is 6. The lowest BCUT2D eigenvalue weighted by molar-refractivity contribution is 0.0483. The summed E-state index contributed by atoms with van der Waals surface area (Å²) in [5, 5.41) is 8.25. The minimum Gasteiger partial charge on any atom is -0.338 e. The van der Waals surface area contributed by atoms with Crippen molar-refractivity contribution in [1.82, 2.24) is 29.7 Å². The molecule has 3 rings (SSSR count). The Morgan fingerprint density at radius 2 is 2.08 bits per heavy atom. The van der Waals surface area contributed by atoms with Gasteiger partial charge in [0.2, 0.25) is 5.89 Å². The Labute approximate surface area is 141 Å². The molecule has 0 radical (unpaired) electrons. The summed E-state index contributed by atoms with van der Waals surface area (Å²) < 4.78 is 7.09. The van der Waals surface area contributed by atoms with Crippen LogP contribution in [0.3, 0.4) is 0 Å². The van der Waals surface area contributed by atoms with E-state index in [4.69, 9.17) is 4.52 Å². The number of carbonyl (C=O) groups is 1. The molecule has 1 atom stereocenters. The summed E-state index contributed by atoms with van der Waals surface area (Å²) in [5.74, 6) is 1.43. The number of aryl methyl sites for hydroxylation is 2. The zero-order valence-corrected chi connectivity index (χ0v) is 14.9. The van der Waals surface area contributed by atoms with Crippen LogP contribution in [0.25, 0.3) is 0 Å². The van der Waals surface area contributed by atoms with Gasteiger partial charge < -0.3 is 9.42 Å². The highest BCUT2D eigenvalue weighted by atomic mass is 16.5. The molecule has 1 saturated heterocycles. The predicted octanol–water partition coefficient (Wildman–Crippen LogP) is 1.36. The van der Waals surface area contributed by atoms with Crippen LogP contribution in [0.1, 0.15) is 53.7 Å². The van der Waals surface area contributed by atoms with Gasteiger partial charge in [-0.05, 0) is 26.0 Å². The Kier molecular flexibility index (Phi) is 4.40. The highest BCUT2D eigenvalue weighted by molar-refractivity contribution is 5.92. The van der Waals surface area contributed by atoms with E-state index >= 15 is 0 Å². The van der Waals surface area contributed by atoms with Crippen molar-refractivity contribution in [3.05, 3.63) is 29.2 Å². The van der Waals surface area contributed by atoms with E-state index in [9.17, 15) is 4.79 Å². The van der Waals surface area contributed by atoms with E-state index in [0.717, 1.165) is 12.2 Å². The van der Waals surface area contributed by atoms with Gasteiger partial charge in [-0.2, -0.15) is 10.1 Å². The number of aromatic nitrogens is 4. The second-order valence-corrected chi connectivity index (χ2v) is 6.66. The number of likely N-dealkylation sites (N-methyl/N-ethyl adjacent to an activating group) is 1. The molecule has 1 unspecified atom stereocenters. The molecule has 2 aromatic heterocycles. The summed E-state index contributed by atoms with van der Waals surface area (Å²) in [6, 6.07) is 1.80. The predicted molar refractivity (Wildman–Crippen MR) is 87.6 cm³/mol. The van der Waals surface area contributed by atoms with Crippen LogP contribution < -0.4 is 0 Å². The Morgan fingerprint density at radius 3 is 2.67 bits per heavy atom. The molecule has 0 spiro atoms. The summed E-state index contributed by atoms with van der Waals surface area (Å²) in [6.45, 7) is 7.91. The molecule has 0 aliphatic carbocycles. The van der Waals surface area contributed by atoms with Gasteiger partial charge in [0, 0.05) is 32.4 Å². The summed E-state index contributed by atoms with van der Waals surface area (Å²) >= 11 is 0. The van der Waals surface area contributed by atoms with Gasteiger partial charge in [-0.15, -0.1) is 0 Å². The average molecular weight is 332 g/mol.